The van der Waals surface area contributed by atoms with Crippen molar-refractivity contribution in [3.05, 3.63) is 76.0 Å². The number of nitrogens with one attached hydrogen (secondary N) is 2. The van der Waals surface area contributed by atoms with Crippen LogP contribution < -0.4 is 5.32 Å². The van der Waals surface area contributed by atoms with Gasteiger partial charge in [0.2, 0.25) is 0 Å². The predicted octanol–water partition coefficient (Wildman–Crippen LogP) is 3.36. The lowest BCUT2D eigenvalue weighted by atomic mass is 10.1. The van der Waals surface area contributed by atoms with Gasteiger partial charge in [-0.1, -0.05) is 30.3 Å². The maximum Gasteiger partial charge on any atom is 0.269 e. The molecule has 132 valence electrons. The van der Waals surface area contributed by atoms with Crippen molar-refractivity contribution in [2.45, 2.75) is 12.5 Å². The number of aliphatic hydroxyl groups is 1. The third-order valence-corrected chi connectivity index (χ3v) is 4.05. The Bertz CT molecular complexity index is 850. The smallest absolute Gasteiger partial charge is 0.269 e. The minimum Gasteiger partial charge on any atom is -0.387 e. The molecule has 0 aliphatic heterocycles. The Hall–Kier alpha value is -2.41. The molecule has 0 saturated heterocycles. The number of H-pyrrole nitrogens is 1. The quantitative estimate of drug-likeness (QED) is 0.342. The number of non-ortho nitro benzene ring substituents is 1. The van der Waals surface area contributed by atoms with Crippen LogP contribution in [0.5, 0.6) is 0 Å². The van der Waals surface area contributed by atoms with Gasteiger partial charge in [0.15, 0.2) is 0 Å². The van der Waals surface area contributed by atoms with Crippen LogP contribution in [-0.2, 0) is 6.42 Å². The summed E-state index contributed by atoms with van der Waals surface area (Å²) in [5.74, 6) is 0. The van der Waals surface area contributed by atoms with Crippen LogP contribution in [0.25, 0.3) is 10.9 Å². The number of nitro groups is 1. The van der Waals surface area contributed by atoms with Crippen LogP contribution in [0, 0.1) is 10.1 Å². The number of aromatic amines is 1. The molecule has 2 aromatic carbocycles. The van der Waals surface area contributed by atoms with E-state index >= 15 is 0 Å². The van der Waals surface area contributed by atoms with Crippen LogP contribution in [0.3, 0.4) is 0 Å². The zero-order valence-electron chi connectivity index (χ0n) is 13.5. The number of halogens is 1. The van der Waals surface area contributed by atoms with Gasteiger partial charge in [0.1, 0.15) is 0 Å². The van der Waals surface area contributed by atoms with Crippen LogP contribution in [0.1, 0.15) is 17.2 Å². The number of hydrogen-bond donors (Lipinski definition) is 3. The summed E-state index contributed by atoms with van der Waals surface area (Å²) in [5, 5.41) is 25.4. The van der Waals surface area contributed by atoms with Gasteiger partial charge in [-0.15, -0.1) is 12.4 Å². The Morgan fingerprint density at radius 1 is 1.20 bits per heavy atom. The molecule has 1 unspecified atom stereocenters. The molecule has 0 fully saturated rings. The summed E-state index contributed by atoms with van der Waals surface area (Å²) < 4.78 is 0. The van der Waals surface area contributed by atoms with E-state index in [1.165, 1.54) is 23.1 Å². The highest BCUT2D eigenvalue weighted by Gasteiger charge is 2.12. The fourth-order valence-corrected chi connectivity index (χ4v) is 2.76. The van der Waals surface area contributed by atoms with Gasteiger partial charge in [-0.25, -0.2) is 0 Å². The lowest BCUT2D eigenvalue weighted by Crippen LogP contribution is -2.23. The predicted molar refractivity (Wildman–Crippen MR) is 100 cm³/mol. The summed E-state index contributed by atoms with van der Waals surface area (Å²) in [6.45, 7) is 1.07. The second-order valence-electron chi connectivity index (χ2n) is 5.68. The van der Waals surface area contributed by atoms with E-state index in [1.54, 1.807) is 12.1 Å². The molecule has 0 radical (unpaired) electrons. The summed E-state index contributed by atoms with van der Waals surface area (Å²) >= 11 is 0. The molecule has 0 aliphatic carbocycles. The van der Waals surface area contributed by atoms with Crippen molar-refractivity contribution in [2.24, 2.45) is 0 Å². The van der Waals surface area contributed by atoms with Gasteiger partial charge in [0.25, 0.3) is 5.69 Å². The molecule has 0 amide bonds. The lowest BCUT2D eigenvalue weighted by molar-refractivity contribution is -0.385. The van der Waals surface area contributed by atoms with E-state index in [1.807, 2.05) is 24.4 Å². The molecular weight excluding hydrogens is 342 g/mol. The molecule has 0 bridgehead atoms. The summed E-state index contributed by atoms with van der Waals surface area (Å²) in [5.41, 5.74) is 2.88. The van der Waals surface area contributed by atoms with Gasteiger partial charge in [-0.3, -0.25) is 10.1 Å². The molecule has 1 aromatic heterocycles. The van der Waals surface area contributed by atoms with E-state index < -0.39 is 11.0 Å². The van der Waals surface area contributed by atoms with Crippen molar-refractivity contribution in [1.29, 1.82) is 0 Å². The molecule has 0 aliphatic rings. The first-order valence-electron chi connectivity index (χ1n) is 7.83. The maximum absolute atomic E-state index is 10.8. The number of aromatic nitrogens is 1. The van der Waals surface area contributed by atoms with Gasteiger partial charge in [0, 0.05) is 35.8 Å². The van der Waals surface area contributed by atoms with Gasteiger partial charge < -0.3 is 15.4 Å². The van der Waals surface area contributed by atoms with Crippen molar-refractivity contribution in [3.63, 3.8) is 0 Å². The van der Waals surface area contributed by atoms with E-state index in [0.29, 0.717) is 18.7 Å². The molecule has 3 aromatic rings. The zero-order chi connectivity index (χ0) is 16.9. The standard InChI is InChI=1S/C18H19N3O3.ClH/c22-18(13-4-3-5-15(10-13)21(23)24)12-19-9-8-14-11-20-17-7-2-1-6-16(14)17;/h1-7,10-11,18-20,22H,8-9,12H2;1H. The van der Waals surface area contributed by atoms with Gasteiger partial charge in [-0.05, 0) is 30.2 Å². The number of hydrogen-bond acceptors (Lipinski definition) is 4. The van der Waals surface area contributed by atoms with E-state index in [4.69, 9.17) is 0 Å². The van der Waals surface area contributed by atoms with E-state index in [-0.39, 0.29) is 18.1 Å². The van der Waals surface area contributed by atoms with Crippen LogP contribution in [0.15, 0.2) is 54.7 Å². The summed E-state index contributed by atoms with van der Waals surface area (Å²) in [6, 6.07) is 14.2. The molecular formula is C18H20ClN3O3. The lowest BCUT2D eigenvalue weighted by Gasteiger charge is -2.12. The van der Waals surface area contributed by atoms with Crippen molar-refractivity contribution < 1.29 is 10.0 Å². The van der Waals surface area contributed by atoms with Gasteiger partial charge >= 0.3 is 0 Å². The first kappa shape index (κ1) is 18.9. The average Bonchev–Trinajstić information content (AvgIpc) is 3.02. The minimum atomic E-state index is -0.770. The normalized spacial score (nSPS) is 11.9. The van der Waals surface area contributed by atoms with Crippen LogP contribution in [-0.4, -0.2) is 28.1 Å². The molecule has 1 atom stereocenters. The second kappa shape index (κ2) is 8.62. The third kappa shape index (κ3) is 4.57. The first-order chi connectivity index (χ1) is 11.6. The van der Waals surface area contributed by atoms with Crippen molar-refractivity contribution in [1.82, 2.24) is 10.3 Å². The molecule has 3 N–H and O–H groups in total. The number of aliphatic hydroxyl groups excluding tert-OH is 1. The minimum absolute atomic E-state index is 0. The zero-order valence-corrected chi connectivity index (χ0v) is 14.3. The molecule has 1 heterocycles. The monoisotopic (exact) mass is 361 g/mol. The SMILES string of the molecule is Cl.O=[N+]([O-])c1cccc(C(O)CNCCc2c[nH]c3ccccc23)c1. The average molecular weight is 362 g/mol. The molecule has 3 rings (SSSR count). The number of benzene rings is 2. The highest BCUT2D eigenvalue weighted by molar-refractivity contribution is 5.85. The van der Waals surface area contributed by atoms with Crippen LogP contribution in [0.4, 0.5) is 5.69 Å². The number of nitro benzene ring substituents is 1. The highest BCUT2D eigenvalue weighted by atomic mass is 35.5. The Balaban J connectivity index is 0.00000225. The fraction of sp³-hybridized carbons (Fsp3) is 0.222. The van der Waals surface area contributed by atoms with Crippen LogP contribution >= 0.6 is 12.4 Å². The summed E-state index contributed by atoms with van der Waals surface area (Å²) in [6.07, 6.45) is 2.07. The van der Waals surface area contributed by atoms with Gasteiger partial charge in [-0.2, -0.15) is 0 Å². The summed E-state index contributed by atoms with van der Waals surface area (Å²) in [4.78, 5) is 13.6. The molecule has 7 heteroatoms. The molecule has 6 nitrogen and oxygen atoms in total. The van der Waals surface area contributed by atoms with E-state index in [0.717, 1.165) is 11.9 Å². The number of nitrogens with zero attached hydrogens (tertiary/aromatic N) is 1. The van der Waals surface area contributed by atoms with Crippen molar-refractivity contribution in [3.8, 4) is 0 Å². The Morgan fingerprint density at radius 3 is 2.80 bits per heavy atom. The Labute approximate surface area is 151 Å². The Kier molecular flexibility index (Phi) is 6.52. The van der Waals surface area contributed by atoms with Crippen molar-refractivity contribution >= 4 is 29.0 Å². The van der Waals surface area contributed by atoms with E-state index in [2.05, 4.69) is 16.4 Å². The second-order valence-corrected chi connectivity index (χ2v) is 5.68. The van der Waals surface area contributed by atoms with Gasteiger partial charge in [0.05, 0.1) is 11.0 Å². The first-order valence-corrected chi connectivity index (χ1v) is 7.83. The highest BCUT2D eigenvalue weighted by Crippen LogP contribution is 2.19. The molecule has 0 spiro atoms. The van der Waals surface area contributed by atoms with E-state index in [9.17, 15) is 15.2 Å². The maximum atomic E-state index is 10.8. The van der Waals surface area contributed by atoms with Crippen molar-refractivity contribution in [2.75, 3.05) is 13.1 Å². The topological polar surface area (TPSA) is 91.2 Å². The Morgan fingerprint density at radius 2 is 2.00 bits per heavy atom. The number of para-hydroxylation sites is 1. The third-order valence-electron chi connectivity index (χ3n) is 4.05. The van der Waals surface area contributed by atoms with Crippen LogP contribution in [0.2, 0.25) is 0 Å². The largest absolute Gasteiger partial charge is 0.387 e. The number of fused-ring (bicyclic) bond motifs is 1. The number of rotatable bonds is 7. The molecule has 25 heavy (non-hydrogen) atoms. The molecule has 0 saturated carbocycles. The fourth-order valence-electron chi connectivity index (χ4n) is 2.76. The summed E-state index contributed by atoms with van der Waals surface area (Å²) in [7, 11) is 0.